The Morgan fingerprint density at radius 1 is 1.24 bits per heavy atom. The Balaban J connectivity index is 1.95. The number of fused-ring (bicyclic) bond motifs is 2. The van der Waals surface area contributed by atoms with Gasteiger partial charge in [-0.2, -0.15) is 5.10 Å². The lowest BCUT2D eigenvalue weighted by molar-refractivity contribution is -0.116. The minimum atomic E-state index is 0.0235. The minimum absolute atomic E-state index is 0.0235. The molecule has 3 heterocycles. The van der Waals surface area contributed by atoms with Crippen molar-refractivity contribution in [2.45, 2.75) is 12.3 Å². The lowest BCUT2D eigenvalue weighted by Crippen LogP contribution is -2.24. The number of nitrogens with zero attached hydrogens (tertiary/aromatic N) is 3. The number of hydrogen-bond donors (Lipinski definition) is 1. The van der Waals surface area contributed by atoms with Crippen molar-refractivity contribution in [1.82, 2.24) is 14.8 Å². The van der Waals surface area contributed by atoms with E-state index in [0.29, 0.717) is 6.42 Å². The summed E-state index contributed by atoms with van der Waals surface area (Å²) in [5.41, 5.74) is 3.14. The van der Waals surface area contributed by atoms with Crippen LogP contribution in [0.1, 0.15) is 23.5 Å². The lowest BCUT2D eigenvalue weighted by Gasteiger charge is -2.24. The molecule has 104 valence electrons. The van der Waals surface area contributed by atoms with Crippen LogP contribution in [-0.4, -0.2) is 20.7 Å². The number of carbonyl (C=O) groups excluding carboxylic acids is 1. The standard InChI is InChI=1S/C16H14N4O/c1-20-16-13(9-18-20)12(8-15(21)19-16)10-6-7-17-14-5-3-2-4-11(10)14/h2-7,9,12H,8H2,1H3,(H,19,21). The molecule has 3 aromatic rings. The zero-order valence-electron chi connectivity index (χ0n) is 11.6. The normalized spacial score (nSPS) is 17.6. The number of aryl methyl sites for hydroxylation is 1. The highest BCUT2D eigenvalue weighted by atomic mass is 16.1. The number of para-hydroxylation sites is 1. The molecule has 0 bridgehead atoms. The number of aromatic nitrogens is 3. The predicted molar refractivity (Wildman–Crippen MR) is 80.0 cm³/mol. The number of benzene rings is 1. The molecule has 0 radical (unpaired) electrons. The van der Waals surface area contributed by atoms with Crippen LogP contribution in [0, 0.1) is 0 Å². The summed E-state index contributed by atoms with van der Waals surface area (Å²) < 4.78 is 1.71. The van der Waals surface area contributed by atoms with Gasteiger partial charge in [-0.15, -0.1) is 0 Å². The molecule has 1 aliphatic heterocycles. The molecule has 1 amide bonds. The van der Waals surface area contributed by atoms with Gasteiger partial charge in [0.15, 0.2) is 0 Å². The molecule has 1 unspecified atom stereocenters. The zero-order chi connectivity index (χ0) is 14.4. The Kier molecular flexibility index (Phi) is 2.54. The van der Waals surface area contributed by atoms with Crippen LogP contribution in [0.3, 0.4) is 0 Å². The molecule has 21 heavy (non-hydrogen) atoms. The van der Waals surface area contributed by atoms with Gasteiger partial charge in [-0.1, -0.05) is 18.2 Å². The van der Waals surface area contributed by atoms with E-state index in [9.17, 15) is 4.79 Å². The van der Waals surface area contributed by atoms with Crippen molar-refractivity contribution in [1.29, 1.82) is 0 Å². The Morgan fingerprint density at radius 3 is 3.00 bits per heavy atom. The largest absolute Gasteiger partial charge is 0.311 e. The summed E-state index contributed by atoms with van der Waals surface area (Å²) >= 11 is 0. The molecule has 1 aromatic carbocycles. The summed E-state index contributed by atoms with van der Waals surface area (Å²) in [6.07, 6.45) is 4.08. The van der Waals surface area contributed by atoms with Crippen molar-refractivity contribution >= 4 is 22.6 Å². The van der Waals surface area contributed by atoms with Gasteiger partial charge in [0, 0.05) is 36.5 Å². The molecule has 0 spiro atoms. The molecule has 0 saturated carbocycles. The number of carbonyl (C=O) groups is 1. The Bertz CT molecular complexity index is 847. The first kappa shape index (κ1) is 12.1. The molecule has 2 aromatic heterocycles. The van der Waals surface area contributed by atoms with Gasteiger partial charge in [-0.05, 0) is 17.7 Å². The predicted octanol–water partition coefficient (Wildman–Crippen LogP) is 2.44. The number of hydrogen-bond acceptors (Lipinski definition) is 3. The van der Waals surface area contributed by atoms with E-state index in [2.05, 4.69) is 21.5 Å². The molecule has 1 N–H and O–H groups in total. The number of anilines is 1. The monoisotopic (exact) mass is 278 g/mol. The lowest BCUT2D eigenvalue weighted by atomic mass is 9.86. The van der Waals surface area contributed by atoms with Gasteiger partial charge in [-0.3, -0.25) is 14.5 Å². The van der Waals surface area contributed by atoms with Crippen molar-refractivity contribution in [2.24, 2.45) is 7.05 Å². The molecule has 1 aliphatic rings. The van der Waals surface area contributed by atoms with Crippen LogP contribution in [0.15, 0.2) is 42.7 Å². The molecular weight excluding hydrogens is 264 g/mol. The third kappa shape index (κ3) is 1.81. The average Bonchev–Trinajstić information content (AvgIpc) is 2.87. The number of pyridine rings is 1. The average molecular weight is 278 g/mol. The second-order valence-corrected chi connectivity index (χ2v) is 5.29. The maximum Gasteiger partial charge on any atom is 0.226 e. The van der Waals surface area contributed by atoms with Crippen LogP contribution in [0.25, 0.3) is 10.9 Å². The number of nitrogens with one attached hydrogen (secondary N) is 1. The van der Waals surface area contributed by atoms with Crippen molar-refractivity contribution in [3.05, 3.63) is 53.9 Å². The number of rotatable bonds is 1. The maximum atomic E-state index is 12.0. The molecular formula is C16H14N4O. The highest BCUT2D eigenvalue weighted by Crippen LogP contribution is 2.38. The number of amides is 1. The van der Waals surface area contributed by atoms with Crippen molar-refractivity contribution in [3.63, 3.8) is 0 Å². The fraction of sp³-hybridized carbons (Fsp3) is 0.188. The fourth-order valence-corrected chi connectivity index (χ4v) is 3.04. The van der Waals surface area contributed by atoms with Gasteiger partial charge in [0.1, 0.15) is 5.82 Å². The first-order valence-corrected chi connectivity index (χ1v) is 6.89. The summed E-state index contributed by atoms with van der Waals surface area (Å²) in [4.78, 5) is 16.4. The van der Waals surface area contributed by atoms with Crippen LogP contribution in [0.2, 0.25) is 0 Å². The second-order valence-electron chi connectivity index (χ2n) is 5.29. The van der Waals surface area contributed by atoms with Gasteiger partial charge in [0.25, 0.3) is 0 Å². The summed E-state index contributed by atoms with van der Waals surface area (Å²) in [6.45, 7) is 0. The van der Waals surface area contributed by atoms with Gasteiger partial charge in [-0.25, -0.2) is 0 Å². The SMILES string of the molecule is Cn1ncc2c1NC(=O)CC2c1ccnc2ccccc12. The summed E-state index contributed by atoms with van der Waals surface area (Å²) in [7, 11) is 1.84. The summed E-state index contributed by atoms with van der Waals surface area (Å²) in [5.74, 6) is 0.837. The van der Waals surface area contributed by atoms with E-state index >= 15 is 0 Å². The Morgan fingerprint density at radius 2 is 2.10 bits per heavy atom. The van der Waals surface area contributed by atoms with Crippen LogP contribution in [0.5, 0.6) is 0 Å². The van der Waals surface area contributed by atoms with E-state index in [1.165, 1.54) is 0 Å². The first-order chi connectivity index (χ1) is 10.2. The molecule has 0 aliphatic carbocycles. The fourth-order valence-electron chi connectivity index (χ4n) is 3.04. The van der Waals surface area contributed by atoms with E-state index in [1.54, 1.807) is 10.9 Å². The highest BCUT2D eigenvalue weighted by molar-refractivity contribution is 5.95. The summed E-state index contributed by atoms with van der Waals surface area (Å²) in [5, 5.41) is 8.27. The van der Waals surface area contributed by atoms with E-state index in [1.807, 2.05) is 37.5 Å². The van der Waals surface area contributed by atoms with Crippen molar-refractivity contribution in [3.8, 4) is 0 Å². The second kappa shape index (κ2) is 4.41. The van der Waals surface area contributed by atoms with Gasteiger partial charge < -0.3 is 5.32 Å². The molecule has 5 nitrogen and oxygen atoms in total. The quantitative estimate of drug-likeness (QED) is 0.743. The molecule has 0 saturated heterocycles. The molecule has 0 fully saturated rings. The van der Waals surface area contributed by atoms with E-state index in [4.69, 9.17) is 0 Å². The third-order valence-corrected chi connectivity index (χ3v) is 4.05. The van der Waals surface area contributed by atoms with Crippen molar-refractivity contribution in [2.75, 3.05) is 5.32 Å². The van der Waals surface area contributed by atoms with Crippen molar-refractivity contribution < 1.29 is 4.79 Å². The minimum Gasteiger partial charge on any atom is -0.311 e. The smallest absolute Gasteiger partial charge is 0.226 e. The van der Waals surface area contributed by atoms with Gasteiger partial charge in [0.05, 0.1) is 11.7 Å². The maximum absolute atomic E-state index is 12.0. The Labute approximate surface area is 121 Å². The highest BCUT2D eigenvalue weighted by Gasteiger charge is 2.30. The van der Waals surface area contributed by atoms with Crippen LogP contribution in [-0.2, 0) is 11.8 Å². The topological polar surface area (TPSA) is 59.8 Å². The molecule has 1 atom stereocenters. The van der Waals surface area contributed by atoms with Crippen LogP contribution < -0.4 is 5.32 Å². The van der Waals surface area contributed by atoms with E-state index < -0.39 is 0 Å². The summed E-state index contributed by atoms with van der Waals surface area (Å²) in [6, 6.07) is 10.0. The van der Waals surface area contributed by atoms with E-state index in [0.717, 1.165) is 27.8 Å². The first-order valence-electron chi connectivity index (χ1n) is 6.89. The zero-order valence-corrected chi connectivity index (χ0v) is 11.6. The molecule has 5 heteroatoms. The van der Waals surface area contributed by atoms with Gasteiger partial charge in [0.2, 0.25) is 5.91 Å². The third-order valence-electron chi connectivity index (χ3n) is 4.05. The van der Waals surface area contributed by atoms with E-state index in [-0.39, 0.29) is 11.8 Å². The van der Waals surface area contributed by atoms with Gasteiger partial charge >= 0.3 is 0 Å². The van der Waals surface area contributed by atoms with Crippen LogP contribution >= 0.6 is 0 Å². The Hall–Kier alpha value is -2.69. The van der Waals surface area contributed by atoms with Crippen LogP contribution in [0.4, 0.5) is 5.82 Å². The molecule has 4 rings (SSSR count).